The second kappa shape index (κ2) is 5.85. The van der Waals surface area contributed by atoms with Gasteiger partial charge in [0.1, 0.15) is 5.65 Å². The molecule has 6 heteroatoms. The number of carbonyl (C=O) groups excluding carboxylic acids is 1. The second-order valence-corrected chi connectivity index (χ2v) is 6.69. The van der Waals surface area contributed by atoms with Gasteiger partial charge < -0.3 is 19.8 Å². The number of amides is 2. The van der Waals surface area contributed by atoms with E-state index in [4.69, 9.17) is 4.74 Å². The highest BCUT2D eigenvalue weighted by Gasteiger charge is 2.42. The molecule has 1 saturated carbocycles. The fourth-order valence-electron chi connectivity index (χ4n) is 3.62. The van der Waals surface area contributed by atoms with E-state index in [0.29, 0.717) is 12.5 Å². The summed E-state index contributed by atoms with van der Waals surface area (Å²) in [6.07, 6.45) is 11.2. The summed E-state index contributed by atoms with van der Waals surface area (Å²) in [5.41, 5.74) is 1.70. The Bertz CT molecular complexity index is 707. The van der Waals surface area contributed by atoms with Crippen LogP contribution in [-0.4, -0.2) is 34.2 Å². The summed E-state index contributed by atoms with van der Waals surface area (Å²) < 4.78 is 7.84. The number of hydrogen-bond donors (Lipinski definition) is 2. The van der Waals surface area contributed by atoms with Crippen molar-refractivity contribution in [2.24, 2.45) is 5.92 Å². The highest BCUT2D eigenvalue weighted by atomic mass is 16.5. The zero-order chi connectivity index (χ0) is 15.7. The zero-order valence-corrected chi connectivity index (χ0v) is 13.1. The summed E-state index contributed by atoms with van der Waals surface area (Å²) in [5.74, 6) is 0.518. The van der Waals surface area contributed by atoms with Gasteiger partial charge in [0.15, 0.2) is 0 Å². The number of rotatable bonds is 3. The molecule has 2 amide bonds. The molecule has 2 aromatic heterocycles. The van der Waals surface area contributed by atoms with Gasteiger partial charge in [0.2, 0.25) is 0 Å². The quantitative estimate of drug-likeness (QED) is 0.915. The van der Waals surface area contributed by atoms with Crippen LogP contribution in [-0.2, 0) is 4.74 Å². The highest BCUT2D eigenvalue weighted by molar-refractivity contribution is 5.89. The summed E-state index contributed by atoms with van der Waals surface area (Å²) in [6.45, 7) is 1.53. The first-order valence-corrected chi connectivity index (χ1v) is 8.34. The van der Waals surface area contributed by atoms with Crippen LogP contribution in [0, 0.1) is 5.92 Å². The summed E-state index contributed by atoms with van der Waals surface area (Å²) in [5, 5.41) is 5.87. The lowest BCUT2D eigenvalue weighted by Crippen LogP contribution is -2.47. The van der Waals surface area contributed by atoms with E-state index in [1.54, 1.807) is 6.20 Å². The maximum absolute atomic E-state index is 12.1. The Balaban J connectivity index is 1.29. The number of nitrogens with zero attached hydrogens (tertiary/aromatic N) is 2. The predicted molar refractivity (Wildman–Crippen MR) is 87.5 cm³/mol. The predicted octanol–water partition coefficient (Wildman–Crippen LogP) is 2.81. The molecule has 1 unspecified atom stereocenters. The lowest BCUT2D eigenvalue weighted by Gasteiger charge is -2.47. The van der Waals surface area contributed by atoms with E-state index in [9.17, 15) is 4.79 Å². The lowest BCUT2D eigenvalue weighted by molar-refractivity contribution is -0.142. The molecule has 2 aromatic rings. The average Bonchev–Trinajstić information content (AvgIpc) is 2.99. The van der Waals surface area contributed by atoms with Crippen molar-refractivity contribution >= 4 is 17.4 Å². The van der Waals surface area contributed by atoms with Crippen LogP contribution >= 0.6 is 0 Å². The normalized spacial score (nSPS) is 22.7. The minimum atomic E-state index is -0.157. The molecule has 0 aromatic carbocycles. The molecule has 1 atom stereocenters. The van der Waals surface area contributed by atoms with Crippen molar-refractivity contribution in [3.05, 3.63) is 30.7 Å². The van der Waals surface area contributed by atoms with Gasteiger partial charge in [-0.1, -0.05) is 0 Å². The van der Waals surface area contributed by atoms with Crippen molar-refractivity contribution in [3.8, 4) is 0 Å². The van der Waals surface area contributed by atoms with Crippen LogP contribution in [0.1, 0.15) is 32.1 Å². The fraction of sp³-hybridized carbons (Fsp3) is 0.529. The van der Waals surface area contributed by atoms with E-state index in [2.05, 4.69) is 15.6 Å². The first-order chi connectivity index (χ1) is 11.2. The molecule has 1 spiro atoms. The second-order valence-electron chi connectivity index (χ2n) is 6.69. The standard InChI is InChI=1S/C17H22N4O2/c22-16(20-14-2-7-21-8-6-18-15(21)10-14)19-12-13-3-9-23-17(11-13)4-1-5-17/h2,6-8,10,13H,1,3-5,9,11-12H2,(H2,19,20,22). The van der Waals surface area contributed by atoms with E-state index in [1.807, 2.05) is 28.9 Å². The third kappa shape index (κ3) is 3.03. The zero-order valence-electron chi connectivity index (χ0n) is 13.1. The SMILES string of the molecule is O=C(NCC1CCOC2(CCC2)C1)Nc1ccn2ccnc2c1. The number of aromatic nitrogens is 2. The number of hydrogen-bond acceptors (Lipinski definition) is 3. The molecule has 0 radical (unpaired) electrons. The summed E-state index contributed by atoms with van der Waals surface area (Å²) in [4.78, 5) is 16.3. The minimum absolute atomic E-state index is 0.132. The van der Waals surface area contributed by atoms with E-state index in [1.165, 1.54) is 19.3 Å². The molecule has 2 aliphatic rings. The van der Waals surface area contributed by atoms with Crippen molar-refractivity contribution in [2.45, 2.75) is 37.7 Å². The molecule has 122 valence electrons. The molecule has 6 nitrogen and oxygen atoms in total. The van der Waals surface area contributed by atoms with E-state index in [0.717, 1.165) is 30.8 Å². The molecule has 1 aliphatic heterocycles. The summed E-state index contributed by atoms with van der Waals surface area (Å²) in [7, 11) is 0. The highest BCUT2D eigenvalue weighted by Crippen LogP contribution is 2.43. The molecule has 23 heavy (non-hydrogen) atoms. The maximum atomic E-state index is 12.1. The van der Waals surface area contributed by atoms with Crippen LogP contribution in [0.3, 0.4) is 0 Å². The molecule has 2 fully saturated rings. The molecule has 1 saturated heterocycles. The number of carbonyl (C=O) groups is 1. The van der Waals surface area contributed by atoms with Crippen molar-refractivity contribution in [3.63, 3.8) is 0 Å². The van der Waals surface area contributed by atoms with Gasteiger partial charge in [-0.2, -0.15) is 0 Å². The van der Waals surface area contributed by atoms with Gasteiger partial charge in [-0.25, -0.2) is 9.78 Å². The first-order valence-electron chi connectivity index (χ1n) is 8.34. The largest absolute Gasteiger partial charge is 0.375 e. The van der Waals surface area contributed by atoms with Crippen molar-refractivity contribution in [2.75, 3.05) is 18.5 Å². The Kier molecular flexibility index (Phi) is 3.69. The molecular weight excluding hydrogens is 292 g/mol. The first kappa shape index (κ1) is 14.5. The van der Waals surface area contributed by atoms with Crippen LogP contribution in [0.25, 0.3) is 5.65 Å². The van der Waals surface area contributed by atoms with E-state index < -0.39 is 0 Å². The van der Waals surface area contributed by atoms with Gasteiger partial charge in [-0.05, 0) is 44.1 Å². The number of urea groups is 1. The van der Waals surface area contributed by atoms with E-state index >= 15 is 0 Å². The number of nitrogens with one attached hydrogen (secondary N) is 2. The van der Waals surface area contributed by atoms with Gasteiger partial charge in [0.25, 0.3) is 0 Å². The number of imidazole rings is 1. The third-order valence-electron chi connectivity index (χ3n) is 5.07. The van der Waals surface area contributed by atoms with Gasteiger partial charge >= 0.3 is 6.03 Å². The molecule has 3 heterocycles. The molecule has 0 bridgehead atoms. The molecule has 4 rings (SSSR count). The van der Waals surface area contributed by atoms with Crippen molar-refractivity contribution in [1.29, 1.82) is 0 Å². The number of pyridine rings is 1. The van der Waals surface area contributed by atoms with Gasteiger partial charge in [-0.15, -0.1) is 0 Å². The smallest absolute Gasteiger partial charge is 0.319 e. The summed E-state index contributed by atoms with van der Waals surface area (Å²) >= 11 is 0. The Morgan fingerprint density at radius 3 is 3.17 bits per heavy atom. The van der Waals surface area contributed by atoms with Crippen molar-refractivity contribution < 1.29 is 9.53 Å². The van der Waals surface area contributed by atoms with Gasteiger partial charge in [0.05, 0.1) is 5.60 Å². The Morgan fingerprint density at radius 1 is 1.43 bits per heavy atom. The Morgan fingerprint density at radius 2 is 2.35 bits per heavy atom. The molecule has 1 aliphatic carbocycles. The maximum Gasteiger partial charge on any atom is 0.319 e. The van der Waals surface area contributed by atoms with Crippen LogP contribution in [0.2, 0.25) is 0 Å². The average molecular weight is 314 g/mol. The van der Waals surface area contributed by atoms with Crippen LogP contribution < -0.4 is 10.6 Å². The number of ether oxygens (including phenoxy) is 1. The minimum Gasteiger partial charge on any atom is -0.375 e. The van der Waals surface area contributed by atoms with E-state index in [-0.39, 0.29) is 11.6 Å². The molecular formula is C17H22N4O2. The number of fused-ring (bicyclic) bond motifs is 1. The fourth-order valence-corrected chi connectivity index (χ4v) is 3.62. The van der Waals surface area contributed by atoms with Crippen LogP contribution in [0.15, 0.2) is 30.7 Å². The third-order valence-corrected chi connectivity index (χ3v) is 5.07. The monoisotopic (exact) mass is 314 g/mol. The van der Waals surface area contributed by atoms with Crippen LogP contribution in [0.5, 0.6) is 0 Å². The van der Waals surface area contributed by atoms with Crippen LogP contribution in [0.4, 0.5) is 10.5 Å². The van der Waals surface area contributed by atoms with Crippen molar-refractivity contribution in [1.82, 2.24) is 14.7 Å². The summed E-state index contributed by atoms with van der Waals surface area (Å²) in [6, 6.07) is 3.57. The Labute approximate surface area is 135 Å². The molecule has 2 N–H and O–H groups in total. The van der Waals surface area contributed by atoms with Gasteiger partial charge in [-0.3, -0.25) is 0 Å². The van der Waals surface area contributed by atoms with Gasteiger partial charge in [0, 0.05) is 43.5 Å². The number of anilines is 1. The Hall–Kier alpha value is -2.08. The topological polar surface area (TPSA) is 67.7 Å². The lowest BCUT2D eigenvalue weighted by atomic mass is 9.72.